The minimum Gasteiger partial charge on any atom is -0.493 e. The van der Waals surface area contributed by atoms with Crippen LogP contribution in [0.25, 0.3) is 11.8 Å². The molecule has 2 aromatic heterocycles. The van der Waals surface area contributed by atoms with E-state index in [1.165, 1.54) is 32.9 Å². The fourth-order valence-electron chi connectivity index (χ4n) is 4.92. The summed E-state index contributed by atoms with van der Waals surface area (Å²) < 4.78 is 13.7. The monoisotopic (exact) mass is 500 g/mol. The summed E-state index contributed by atoms with van der Waals surface area (Å²) in [4.78, 5) is 20.8. The molecule has 0 fully saturated rings. The van der Waals surface area contributed by atoms with Gasteiger partial charge in [-0.05, 0) is 66.1 Å². The Kier molecular flexibility index (Phi) is 5.66. The van der Waals surface area contributed by atoms with Crippen LogP contribution in [0.2, 0.25) is 0 Å². The van der Waals surface area contributed by atoms with E-state index in [1.54, 1.807) is 18.4 Å². The number of ether oxygens (including phenoxy) is 2. The van der Waals surface area contributed by atoms with Crippen molar-refractivity contribution in [1.82, 2.24) is 4.57 Å². The van der Waals surface area contributed by atoms with Gasteiger partial charge >= 0.3 is 0 Å². The van der Waals surface area contributed by atoms with Crippen molar-refractivity contribution in [2.75, 3.05) is 13.7 Å². The molecule has 1 atom stereocenters. The molecule has 0 saturated carbocycles. The Bertz CT molecular complexity index is 1630. The van der Waals surface area contributed by atoms with E-state index in [-0.39, 0.29) is 11.6 Å². The molecule has 4 aromatic rings. The van der Waals surface area contributed by atoms with Gasteiger partial charge in [0.2, 0.25) is 0 Å². The molecule has 2 aromatic carbocycles. The fourth-order valence-corrected chi connectivity index (χ4v) is 6.77. The maximum Gasteiger partial charge on any atom is 0.271 e. The molecule has 0 radical (unpaired) electrons. The number of thiophene rings is 1. The standard InChI is InChI=1S/C28H24N2O3S2/c1-3-33-21-13-10-17(15-22(21)32-2)16-24-27(31)30-26(23-9-6-14-34-23)20-12-11-18-7-4-5-8-19(18)25(20)29-28(30)35-24/h4-10,13-16,26H,3,11-12H2,1-2H3. The molecular weight excluding hydrogens is 476 g/mol. The van der Waals surface area contributed by atoms with Crippen molar-refractivity contribution >= 4 is 34.4 Å². The average Bonchev–Trinajstić information content (AvgIpc) is 3.52. The molecule has 176 valence electrons. The van der Waals surface area contributed by atoms with Crippen molar-refractivity contribution < 1.29 is 9.47 Å². The molecule has 1 unspecified atom stereocenters. The van der Waals surface area contributed by atoms with E-state index >= 15 is 0 Å². The molecule has 1 aliphatic carbocycles. The van der Waals surface area contributed by atoms with E-state index in [4.69, 9.17) is 14.5 Å². The Hall–Kier alpha value is -3.42. The first kappa shape index (κ1) is 22.1. The van der Waals surface area contributed by atoms with Gasteiger partial charge in [-0.1, -0.05) is 47.7 Å². The SMILES string of the molecule is CCOc1ccc(C=c2sc3n(c2=O)C(c2cccs2)C2=C(N=3)c3ccccc3CC2)cc1OC. The zero-order valence-electron chi connectivity index (χ0n) is 19.5. The van der Waals surface area contributed by atoms with Crippen LogP contribution in [0.15, 0.2) is 75.3 Å². The second-order valence-corrected chi connectivity index (χ2v) is 10.5. The lowest BCUT2D eigenvalue weighted by molar-refractivity contribution is 0.311. The number of rotatable bonds is 5. The van der Waals surface area contributed by atoms with Gasteiger partial charge in [0.25, 0.3) is 5.56 Å². The highest BCUT2D eigenvalue weighted by Crippen LogP contribution is 2.42. The summed E-state index contributed by atoms with van der Waals surface area (Å²) in [5.74, 6) is 1.34. The van der Waals surface area contributed by atoms with E-state index in [0.717, 1.165) is 28.9 Å². The van der Waals surface area contributed by atoms with Crippen LogP contribution in [-0.2, 0) is 6.42 Å². The average molecular weight is 501 g/mol. The first-order valence-corrected chi connectivity index (χ1v) is 13.3. The van der Waals surface area contributed by atoms with Crippen LogP contribution >= 0.6 is 22.7 Å². The molecule has 0 amide bonds. The van der Waals surface area contributed by atoms with Crippen LogP contribution < -0.4 is 24.4 Å². The highest BCUT2D eigenvalue weighted by molar-refractivity contribution is 7.10. The summed E-state index contributed by atoms with van der Waals surface area (Å²) in [6, 6.07) is 18.3. The number of nitrogens with zero attached hydrogens (tertiary/aromatic N) is 2. The van der Waals surface area contributed by atoms with E-state index in [9.17, 15) is 4.79 Å². The van der Waals surface area contributed by atoms with E-state index in [0.29, 0.717) is 22.6 Å². The summed E-state index contributed by atoms with van der Waals surface area (Å²) in [7, 11) is 1.62. The van der Waals surface area contributed by atoms with Crippen molar-refractivity contribution in [3.8, 4) is 11.5 Å². The summed E-state index contributed by atoms with van der Waals surface area (Å²) in [6.07, 6.45) is 3.78. The second kappa shape index (κ2) is 8.98. The van der Waals surface area contributed by atoms with Gasteiger partial charge in [-0.15, -0.1) is 11.3 Å². The maximum atomic E-state index is 13.8. The molecule has 1 aliphatic heterocycles. The summed E-state index contributed by atoms with van der Waals surface area (Å²) in [5.41, 5.74) is 5.64. The van der Waals surface area contributed by atoms with Gasteiger partial charge < -0.3 is 9.47 Å². The Balaban J connectivity index is 1.55. The molecule has 7 heteroatoms. The number of fused-ring (bicyclic) bond motifs is 3. The van der Waals surface area contributed by atoms with Gasteiger partial charge in [-0.2, -0.15) is 0 Å². The summed E-state index contributed by atoms with van der Waals surface area (Å²) in [5, 5.41) is 2.08. The minimum atomic E-state index is -0.119. The fraction of sp³-hybridized carbons (Fsp3) is 0.214. The molecule has 35 heavy (non-hydrogen) atoms. The zero-order chi connectivity index (χ0) is 23.9. The molecule has 2 aliphatic rings. The predicted molar refractivity (Wildman–Crippen MR) is 141 cm³/mol. The first-order valence-electron chi connectivity index (χ1n) is 11.6. The molecule has 0 saturated heterocycles. The van der Waals surface area contributed by atoms with Gasteiger partial charge in [-0.3, -0.25) is 9.36 Å². The van der Waals surface area contributed by atoms with Crippen LogP contribution in [0.3, 0.4) is 0 Å². The number of aryl methyl sites for hydroxylation is 1. The summed E-state index contributed by atoms with van der Waals surface area (Å²) in [6.45, 7) is 2.50. The van der Waals surface area contributed by atoms with Gasteiger partial charge in [0.1, 0.15) is 0 Å². The van der Waals surface area contributed by atoms with Crippen LogP contribution in [0.5, 0.6) is 11.5 Å². The van der Waals surface area contributed by atoms with Crippen molar-refractivity contribution in [2.24, 2.45) is 4.99 Å². The van der Waals surface area contributed by atoms with Crippen LogP contribution in [0.4, 0.5) is 0 Å². The first-order chi connectivity index (χ1) is 17.2. The predicted octanol–water partition coefficient (Wildman–Crippen LogP) is 4.79. The Morgan fingerprint density at radius 1 is 1.11 bits per heavy atom. The minimum absolute atomic E-state index is 0.00888. The third kappa shape index (κ3) is 3.75. The molecule has 6 rings (SSSR count). The van der Waals surface area contributed by atoms with E-state index in [1.807, 2.05) is 35.8 Å². The van der Waals surface area contributed by atoms with Crippen molar-refractivity contribution in [3.05, 3.63) is 107 Å². The number of methoxy groups -OCH3 is 1. The quantitative estimate of drug-likeness (QED) is 0.396. The van der Waals surface area contributed by atoms with Gasteiger partial charge in [0.15, 0.2) is 16.3 Å². The Morgan fingerprint density at radius 3 is 2.80 bits per heavy atom. The maximum absolute atomic E-state index is 13.8. The number of allylic oxidation sites excluding steroid dienone is 1. The Morgan fingerprint density at radius 2 is 2.00 bits per heavy atom. The lowest BCUT2D eigenvalue weighted by Gasteiger charge is -2.30. The van der Waals surface area contributed by atoms with Crippen LogP contribution in [0, 0.1) is 0 Å². The van der Waals surface area contributed by atoms with E-state index < -0.39 is 0 Å². The van der Waals surface area contributed by atoms with Crippen molar-refractivity contribution in [2.45, 2.75) is 25.8 Å². The highest BCUT2D eigenvalue weighted by atomic mass is 32.1. The van der Waals surface area contributed by atoms with Crippen LogP contribution in [0.1, 0.15) is 41.0 Å². The molecule has 0 spiro atoms. The zero-order valence-corrected chi connectivity index (χ0v) is 21.1. The topological polar surface area (TPSA) is 52.8 Å². The van der Waals surface area contributed by atoms with Gasteiger partial charge in [0.05, 0.1) is 30.0 Å². The van der Waals surface area contributed by atoms with E-state index in [2.05, 4.69) is 41.8 Å². The molecule has 5 nitrogen and oxygen atoms in total. The van der Waals surface area contributed by atoms with Crippen LogP contribution in [-0.4, -0.2) is 18.3 Å². The number of hydrogen-bond acceptors (Lipinski definition) is 6. The normalized spacial score (nSPS) is 16.9. The summed E-state index contributed by atoms with van der Waals surface area (Å²) >= 11 is 3.13. The Labute approximate surface area is 210 Å². The molecular formula is C28H24N2O3S2. The lowest BCUT2D eigenvalue weighted by atomic mass is 9.85. The molecule has 0 bridgehead atoms. The highest BCUT2D eigenvalue weighted by Gasteiger charge is 2.32. The number of thiazole rings is 1. The number of benzene rings is 2. The largest absolute Gasteiger partial charge is 0.493 e. The van der Waals surface area contributed by atoms with Crippen molar-refractivity contribution in [3.63, 3.8) is 0 Å². The van der Waals surface area contributed by atoms with Gasteiger partial charge in [-0.25, -0.2) is 4.99 Å². The third-order valence-electron chi connectivity index (χ3n) is 6.47. The van der Waals surface area contributed by atoms with Crippen molar-refractivity contribution in [1.29, 1.82) is 0 Å². The number of hydrogen-bond donors (Lipinski definition) is 0. The molecule has 0 N–H and O–H groups in total. The van der Waals surface area contributed by atoms with Gasteiger partial charge in [0, 0.05) is 10.4 Å². The number of aromatic nitrogens is 1. The molecule has 3 heterocycles. The lowest BCUT2D eigenvalue weighted by Crippen LogP contribution is -2.38. The second-order valence-electron chi connectivity index (χ2n) is 8.47. The third-order valence-corrected chi connectivity index (χ3v) is 8.38. The smallest absolute Gasteiger partial charge is 0.271 e.